The normalized spacial score (nSPS) is 16.4. The molecule has 1 atom stereocenters. The molecule has 5 heteroatoms. The molecule has 1 unspecified atom stereocenters. The van der Waals surface area contributed by atoms with Crippen LogP contribution < -0.4 is 0 Å². The monoisotopic (exact) mass is 295 g/mol. The van der Waals surface area contributed by atoms with E-state index in [9.17, 15) is 0 Å². The van der Waals surface area contributed by atoms with E-state index in [0.717, 1.165) is 19.5 Å². The number of benzene rings is 1. The molecule has 0 saturated carbocycles. The van der Waals surface area contributed by atoms with Crippen molar-refractivity contribution >= 4 is 0 Å². The van der Waals surface area contributed by atoms with E-state index in [1.54, 1.807) is 6.26 Å². The van der Waals surface area contributed by atoms with Crippen LogP contribution in [0.3, 0.4) is 0 Å². The zero-order chi connectivity index (χ0) is 14.9. The maximum atomic E-state index is 5.43. The van der Waals surface area contributed by atoms with Gasteiger partial charge in [-0.3, -0.25) is 4.90 Å². The topological polar surface area (TPSA) is 55.3 Å². The van der Waals surface area contributed by atoms with Crippen LogP contribution in [0.5, 0.6) is 0 Å². The highest BCUT2D eigenvalue weighted by Gasteiger charge is 2.25. The van der Waals surface area contributed by atoms with Crippen LogP contribution in [0.25, 0.3) is 11.6 Å². The Bertz CT molecular complexity index is 764. The standard InChI is InChI=1S/C17H17N3O2/c1-12(17-18-16(19-22-17)15-7-4-10-21-15)20-9-8-13-5-2-3-6-14(13)11-20/h2-7,10,12H,8-9,11H2,1H3. The SMILES string of the molecule is CC(c1nc(-c2ccco2)no1)N1CCc2ccccc2C1. The molecule has 4 rings (SSSR count). The van der Waals surface area contributed by atoms with Crippen molar-refractivity contribution in [3.63, 3.8) is 0 Å². The van der Waals surface area contributed by atoms with E-state index >= 15 is 0 Å². The van der Waals surface area contributed by atoms with Gasteiger partial charge in [-0.1, -0.05) is 29.4 Å². The molecular formula is C17H17N3O2. The van der Waals surface area contributed by atoms with Crippen LogP contribution in [0.15, 0.2) is 51.6 Å². The van der Waals surface area contributed by atoms with Crippen LogP contribution in [0.2, 0.25) is 0 Å². The zero-order valence-electron chi connectivity index (χ0n) is 12.4. The Morgan fingerprint density at radius 1 is 1.14 bits per heavy atom. The van der Waals surface area contributed by atoms with Gasteiger partial charge >= 0.3 is 0 Å². The Morgan fingerprint density at radius 2 is 2.00 bits per heavy atom. The molecule has 2 aromatic heterocycles. The minimum Gasteiger partial charge on any atom is -0.461 e. The highest BCUT2D eigenvalue weighted by molar-refractivity contribution is 5.44. The molecule has 0 radical (unpaired) electrons. The molecule has 1 aliphatic heterocycles. The molecule has 0 bridgehead atoms. The Balaban J connectivity index is 1.54. The highest BCUT2D eigenvalue weighted by Crippen LogP contribution is 2.28. The van der Waals surface area contributed by atoms with Gasteiger partial charge in [0.05, 0.1) is 12.3 Å². The van der Waals surface area contributed by atoms with Gasteiger partial charge in [0, 0.05) is 13.1 Å². The Hall–Kier alpha value is -2.40. The molecule has 0 N–H and O–H groups in total. The fourth-order valence-corrected chi connectivity index (χ4v) is 2.92. The molecule has 1 aromatic carbocycles. The molecular weight excluding hydrogens is 278 g/mol. The first-order chi connectivity index (χ1) is 10.8. The second kappa shape index (κ2) is 5.42. The zero-order valence-corrected chi connectivity index (χ0v) is 12.4. The van der Waals surface area contributed by atoms with Crippen LogP contribution >= 0.6 is 0 Å². The molecule has 22 heavy (non-hydrogen) atoms. The summed E-state index contributed by atoms with van der Waals surface area (Å²) < 4.78 is 10.7. The summed E-state index contributed by atoms with van der Waals surface area (Å²) in [5, 5.41) is 4.01. The lowest BCUT2D eigenvalue weighted by atomic mass is 9.99. The van der Waals surface area contributed by atoms with E-state index in [0.29, 0.717) is 17.5 Å². The molecule has 0 saturated heterocycles. The van der Waals surface area contributed by atoms with Crippen molar-refractivity contribution in [1.82, 2.24) is 15.0 Å². The molecule has 5 nitrogen and oxygen atoms in total. The average molecular weight is 295 g/mol. The van der Waals surface area contributed by atoms with E-state index in [4.69, 9.17) is 8.94 Å². The minimum atomic E-state index is 0.0876. The quantitative estimate of drug-likeness (QED) is 0.740. The fourth-order valence-electron chi connectivity index (χ4n) is 2.92. The number of hydrogen-bond acceptors (Lipinski definition) is 5. The molecule has 1 aliphatic rings. The number of fused-ring (bicyclic) bond motifs is 1. The van der Waals surface area contributed by atoms with Crippen LogP contribution in [0.4, 0.5) is 0 Å². The summed E-state index contributed by atoms with van der Waals surface area (Å²) in [6.07, 6.45) is 2.66. The first kappa shape index (κ1) is 13.3. The van der Waals surface area contributed by atoms with Crippen LogP contribution in [0.1, 0.15) is 30.0 Å². The second-order valence-corrected chi connectivity index (χ2v) is 5.60. The third-order valence-corrected chi connectivity index (χ3v) is 4.25. The summed E-state index contributed by atoms with van der Waals surface area (Å²) >= 11 is 0. The molecule has 112 valence electrons. The minimum absolute atomic E-state index is 0.0876. The van der Waals surface area contributed by atoms with Gasteiger partial charge in [0.15, 0.2) is 5.76 Å². The first-order valence-electron chi connectivity index (χ1n) is 7.49. The van der Waals surface area contributed by atoms with Gasteiger partial charge in [-0.05, 0) is 36.6 Å². The van der Waals surface area contributed by atoms with E-state index in [2.05, 4.69) is 46.2 Å². The summed E-state index contributed by atoms with van der Waals surface area (Å²) in [5.74, 6) is 1.77. The van der Waals surface area contributed by atoms with Gasteiger partial charge < -0.3 is 8.94 Å². The number of nitrogens with zero attached hydrogens (tertiary/aromatic N) is 3. The summed E-state index contributed by atoms with van der Waals surface area (Å²) in [6, 6.07) is 12.3. The van der Waals surface area contributed by atoms with Gasteiger partial charge in [-0.2, -0.15) is 4.98 Å². The average Bonchev–Trinajstić information content (AvgIpc) is 3.24. The molecule has 3 aromatic rings. The lowest BCUT2D eigenvalue weighted by Gasteiger charge is -2.31. The van der Waals surface area contributed by atoms with Crippen molar-refractivity contribution in [3.8, 4) is 11.6 Å². The van der Waals surface area contributed by atoms with Gasteiger partial charge in [0.2, 0.25) is 11.7 Å². The largest absolute Gasteiger partial charge is 0.461 e. The maximum absolute atomic E-state index is 5.43. The summed E-state index contributed by atoms with van der Waals surface area (Å²) in [5.41, 5.74) is 2.82. The smallest absolute Gasteiger partial charge is 0.244 e. The van der Waals surface area contributed by atoms with Crippen molar-refractivity contribution in [3.05, 3.63) is 59.7 Å². The second-order valence-electron chi connectivity index (χ2n) is 5.60. The van der Waals surface area contributed by atoms with E-state index in [1.807, 2.05) is 12.1 Å². The Labute approximate surface area is 128 Å². The maximum Gasteiger partial charge on any atom is 0.244 e. The first-order valence-corrected chi connectivity index (χ1v) is 7.49. The predicted octanol–water partition coefficient (Wildman–Crippen LogP) is 3.45. The lowest BCUT2D eigenvalue weighted by Crippen LogP contribution is -2.33. The van der Waals surface area contributed by atoms with E-state index in [1.165, 1.54) is 11.1 Å². The Morgan fingerprint density at radius 3 is 2.82 bits per heavy atom. The lowest BCUT2D eigenvalue weighted by molar-refractivity contribution is 0.158. The predicted molar refractivity (Wildman–Crippen MR) is 81.0 cm³/mol. The van der Waals surface area contributed by atoms with Crippen molar-refractivity contribution in [1.29, 1.82) is 0 Å². The number of aromatic nitrogens is 2. The highest BCUT2D eigenvalue weighted by atomic mass is 16.5. The molecule has 0 spiro atoms. The third-order valence-electron chi connectivity index (χ3n) is 4.25. The van der Waals surface area contributed by atoms with E-state index in [-0.39, 0.29) is 6.04 Å². The van der Waals surface area contributed by atoms with Gasteiger partial charge in [-0.25, -0.2) is 0 Å². The van der Waals surface area contributed by atoms with Gasteiger partial charge in [-0.15, -0.1) is 0 Å². The molecule has 0 fully saturated rings. The fraction of sp³-hybridized carbons (Fsp3) is 0.294. The molecule has 3 heterocycles. The summed E-state index contributed by atoms with van der Waals surface area (Å²) in [7, 11) is 0. The number of furan rings is 1. The van der Waals surface area contributed by atoms with Crippen molar-refractivity contribution in [2.24, 2.45) is 0 Å². The summed E-state index contributed by atoms with van der Waals surface area (Å²) in [4.78, 5) is 6.83. The van der Waals surface area contributed by atoms with Gasteiger partial charge in [0.1, 0.15) is 0 Å². The summed E-state index contributed by atoms with van der Waals surface area (Å²) in [6.45, 7) is 4.01. The van der Waals surface area contributed by atoms with Crippen molar-refractivity contribution in [2.75, 3.05) is 6.54 Å². The number of rotatable bonds is 3. The molecule has 0 aliphatic carbocycles. The van der Waals surface area contributed by atoms with Gasteiger partial charge in [0.25, 0.3) is 0 Å². The number of hydrogen-bond donors (Lipinski definition) is 0. The Kier molecular flexibility index (Phi) is 3.27. The van der Waals surface area contributed by atoms with Crippen molar-refractivity contribution < 1.29 is 8.94 Å². The van der Waals surface area contributed by atoms with E-state index < -0.39 is 0 Å². The third kappa shape index (κ3) is 2.33. The molecule has 0 amide bonds. The van der Waals surface area contributed by atoms with Crippen molar-refractivity contribution in [2.45, 2.75) is 25.9 Å². The van der Waals surface area contributed by atoms with Crippen LogP contribution in [-0.2, 0) is 13.0 Å². The van der Waals surface area contributed by atoms with Crippen LogP contribution in [-0.4, -0.2) is 21.6 Å². The van der Waals surface area contributed by atoms with Crippen LogP contribution in [0, 0.1) is 0 Å².